The zero-order chi connectivity index (χ0) is 13.8. The summed E-state index contributed by atoms with van der Waals surface area (Å²) >= 11 is 5.96. The van der Waals surface area contributed by atoms with E-state index in [1.165, 1.54) is 12.1 Å². The van der Waals surface area contributed by atoms with E-state index in [9.17, 15) is 4.39 Å². The maximum atomic E-state index is 13.4. The summed E-state index contributed by atoms with van der Waals surface area (Å²) in [5.74, 6) is 0.197. The highest BCUT2D eigenvalue weighted by molar-refractivity contribution is 6.29. The molecule has 2 aromatic rings. The Bertz CT molecular complexity index is 569. The van der Waals surface area contributed by atoms with Crippen LogP contribution in [0.3, 0.4) is 0 Å². The highest BCUT2D eigenvalue weighted by Gasteiger charge is 2.07. The van der Waals surface area contributed by atoms with Crippen LogP contribution in [-0.2, 0) is 11.3 Å². The van der Waals surface area contributed by atoms with Gasteiger partial charge in [-0.2, -0.15) is 0 Å². The zero-order valence-electron chi connectivity index (χ0n) is 10.8. The number of hydrogen-bond acceptors (Lipinski definition) is 3. The van der Waals surface area contributed by atoms with Crippen molar-refractivity contribution < 1.29 is 9.13 Å². The molecule has 5 heteroatoms. The van der Waals surface area contributed by atoms with Crippen LogP contribution in [-0.4, -0.2) is 16.6 Å². The number of aromatic nitrogens is 2. The van der Waals surface area contributed by atoms with Gasteiger partial charge in [-0.15, -0.1) is 0 Å². The lowest BCUT2D eigenvalue weighted by Crippen LogP contribution is -2.01. The second kappa shape index (κ2) is 6.08. The van der Waals surface area contributed by atoms with Gasteiger partial charge in [0.1, 0.15) is 17.6 Å². The van der Waals surface area contributed by atoms with Crippen molar-refractivity contribution in [2.45, 2.75) is 20.5 Å². The van der Waals surface area contributed by atoms with E-state index < -0.39 is 0 Å². The van der Waals surface area contributed by atoms with Gasteiger partial charge in [0.05, 0.1) is 5.69 Å². The lowest BCUT2D eigenvalue weighted by molar-refractivity contribution is 0.128. The molecule has 0 atom stereocenters. The molecule has 100 valence electrons. The summed E-state index contributed by atoms with van der Waals surface area (Å²) in [6, 6.07) is 6.36. The van der Waals surface area contributed by atoms with E-state index >= 15 is 0 Å². The Morgan fingerprint density at radius 2 is 2.00 bits per heavy atom. The molecule has 1 aromatic heterocycles. The molecule has 19 heavy (non-hydrogen) atoms. The molecule has 0 saturated carbocycles. The third kappa shape index (κ3) is 3.72. The number of ether oxygens (including phenoxy) is 1. The molecule has 0 saturated heterocycles. The van der Waals surface area contributed by atoms with Crippen molar-refractivity contribution in [3.05, 3.63) is 46.6 Å². The first-order valence-corrected chi connectivity index (χ1v) is 6.35. The fraction of sp³-hybridized carbons (Fsp3) is 0.286. The molecule has 1 aromatic carbocycles. The van der Waals surface area contributed by atoms with Crippen molar-refractivity contribution in [2.24, 2.45) is 0 Å². The molecule has 3 nitrogen and oxygen atoms in total. The van der Waals surface area contributed by atoms with Gasteiger partial charge in [0.2, 0.25) is 0 Å². The molecule has 0 fully saturated rings. The summed E-state index contributed by atoms with van der Waals surface area (Å²) in [6.07, 6.45) is 0. The predicted molar refractivity (Wildman–Crippen MR) is 72.5 cm³/mol. The largest absolute Gasteiger partial charge is 0.374 e. The summed E-state index contributed by atoms with van der Waals surface area (Å²) < 4.78 is 18.7. The number of rotatable bonds is 4. The first kappa shape index (κ1) is 13.9. The molecular formula is C14H14ClFN2O. The summed E-state index contributed by atoms with van der Waals surface area (Å²) in [5.41, 5.74) is 2.10. The maximum absolute atomic E-state index is 13.4. The lowest BCUT2D eigenvalue weighted by Gasteiger charge is -2.06. The van der Waals surface area contributed by atoms with Gasteiger partial charge in [-0.25, -0.2) is 14.4 Å². The van der Waals surface area contributed by atoms with Gasteiger partial charge in [-0.1, -0.05) is 11.6 Å². The normalized spacial score (nSPS) is 10.7. The van der Waals surface area contributed by atoms with E-state index in [4.69, 9.17) is 16.3 Å². The standard InChI is InChI=1S/C14H14ClFN2O/c1-3-19-8-14-17-12(7-13(15)18-14)10-4-9(2)5-11(16)6-10/h4-7H,3,8H2,1-2H3. The number of aryl methyl sites for hydroxylation is 1. The number of hydrogen-bond donors (Lipinski definition) is 0. The quantitative estimate of drug-likeness (QED) is 0.800. The van der Waals surface area contributed by atoms with Gasteiger partial charge in [-0.05, 0) is 37.6 Å². The van der Waals surface area contributed by atoms with Crippen LogP contribution >= 0.6 is 11.6 Å². The topological polar surface area (TPSA) is 35.0 Å². The highest BCUT2D eigenvalue weighted by atomic mass is 35.5. The minimum Gasteiger partial charge on any atom is -0.374 e. The van der Waals surface area contributed by atoms with E-state index in [1.54, 1.807) is 6.07 Å². The lowest BCUT2D eigenvalue weighted by atomic mass is 10.1. The van der Waals surface area contributed by atoms with Crippen molar-refractivity contribution in [1.82, 2.24) is 9.97 Å². The van der Waals surface area contributed by atoms with E-state index in [-0.39, 0.29) is 5.82 Å². The first-order chi connectivity index (χ1) is 9.08. The molecule has 0 N–H and O–H groups in total. The third-order valence-electron chi connectivity index (χ3n) is 2.51. The fourth-order valence-electron chi connectivity index (χ4n) is 1.75. The first-order valence-electron chi connectivity index (χ1n) is 5.97. The minimum atomic E-state index is -0.295. The van der Waals surface area contributed by atoms with E-state index in [1.807, 2.05) is 19.9 Å². The molecule has 0 radical (unpaired) electrons. The highest BCUT2D eigenvalue weighted by Crippen LogP contribution is 2.22. The van der Waals surface area contributed by atoms with Crippen molar-refractivity contribution in [3.8, 4) is 11.3 Å². The van der Waals surface area contributed by atoms with Crippen LogP contribution in [0, 0.1) is 12.7 Å². The molecule has 2 rings (SSSR count). The Morgan fingerprint density at radius 3 is 2.68 bits per heavy atom. The Balaban J connectivity index is 2.40. The number of benzene rings is 1. The van der Waals surface area contributed by atoms with Crippen LogP contribution in [0.25, 0.3) is 11.3 Å². The average molecular weight is 281 g/mol. The van der Waals surface area contributed by atoms with Crippen LogP contribution in [0.15, 0.2) is 24.3 Å². The van der Waals surface area contributed by atoms with Crippen molar-refractivity contribution in [2.75, 3.05) is 6.61 Å². The molecule has 0 amide bonds. The predicted octanol–water partition coefficient (Wildman–Crippen LogP) is 3.78. The van der Waals surface area contributed by atoms with Gasteiger partial charge < -0.3 is 4.74 Å². The van der Waals surface area contributed by atoms with Crippen LogP contribution in [0.1, 0.15) is 18.3 Å². The van der Waals surface area contributed by atoms with Gasteiger partial charge in [0.15, 0.2) is 5.82 Å². The van der Waals surface area contributed by atoms with E-state index in [0.717, 1.165) is 5.56 Å². The second-order valence-corrected chi connectivity index (χ2v) is 4.53. The van der Waals surface area contributed by atoms with Crippen LogP contribution in [0.5, 0.6) is 0 Å². The Morgan fingerprint density at radius 1 is 1.21 bits per heavy atom. The van der Waals surface area contributed by atoms with Gasteiger partial charge in [0.25, 0.3) is 0 Å². The van der Waals surface area contributed by atoms with Gasteiger partial charge in [-0.3, -0.25) is 0 Å². The number of nitrogens with zero attached hydrogens (tertiary/aromatic N) is 2. The molecule has 1 heterocycles. The summed E-state index contributed by atoms with van der Waals surface area (Å²) in [5, 5.41) is 0.321. The second-order valence-electron chi connectivity index (χ2n) is 4.15. The third-order valence-corrected chi connectivity index (χ3v) is 2.71. The van der Waals surface area contributed by atoms with E-state index in [2.05, 4.69) is 9.97 Å². The van der Waals surface area contributed by atoms with Crippen LogP contribution in [0.4, 0.5) is 4.39 Å². The molecule has 0 spiro atoms. The Kier molecular flexibility index (Phi) is 4.45. The Hall–Kier alpha value is -1.52. The zero-order valence-corrected chi connectivity index (χ0v) is 11.5. The van der Waals surface area contributed by atoms with Crippen molar-refractivity contribution in [3.63, 3.8) is 0 Å². The average Bonchev–Trinajstić information content (AvgIpc) is 2.34. The van der Waals surface area contributed by atoms with Gasteiger partial charge in [0, 0.05) is 18.2 Å². The van der Waals surface area contributed by atoms with Gasteiger partial charge >= 0.3 is 0 Å². The smallest absolute Gasteiger partial charge is 0.156 e. The molecule has 0 bridgehead atoms. The van der Waals surface area contributed by atoms with Crippen molar-refractivity contribution in [1.29, 1.82) is 0 Å². The maximum Gasteiger partial charge on any atom is 0.156 e. The summed E-state index contributed by atoms with van der Waals surface area (Å²) in [6.45, 7) is 4.58. The summed E-state index contributed by atoms with van der Waals surface area (Å²) in [7, 11) is 0. The molecule has 0 aliphatic carbocycles. The van der Waals surface area contributed by atoms with Crippen molar-refractivity contribution >= 4 is 11.6 Å². The molecule has 0 aliphatic heterocycles. The fourth-order valence-corrected chi connectivity index (χ4v) is 1.96. The van der Waals surface area contributed by atoms with E-state index in [0.29, 0.717) is 35.4 Å². The molecule has 0 aliphatic rings. The van der Waals surface area contributed by atoms with Crippen LogP contribution in [0.2, 0.25) is 5.15 Å². The molecular weight excluding hydrogens is 267 g/mol. The van der Waals surface area contributed by atoms with Crippen LogP contribution < -0.4 is 0 Å². The monoisotopic (exact) mass is 280 g/mol. The molecule has 0 unspecified atom stereocenters. The minimum absolute atomic E-state index is 0.290. The summed E-state index contributed by atoms with van der Waals surface area (Å²) in [4.78, 5) is 8.41. The number of halogens is 2. The Labute approximate surface area is 116 Å². The SMILES string of the molecule is CCOCc1nc(Cl)cc(-c2cc(C)cc(F)c2)n1.